The third-order valence-electron chi connectivity index (χ3n) is 4.35. The van der Waals surface area contributed by atoms with Gasteiger partial charge in [-0.25, -0.2) is 8.42 Å². The fourth-order valence-corrected chi connectivity index (χ4v) is 4.39. The lowest BCUT2D eigenvalue weighted by atomic mass is 10.2. The second kappa shape index (κ2) is 9.59. The molecule has 2 aromatic rings. The highest BCUT2D eigenvalue weighted by Crippen LogP contribution is 2.30. The molecule has 152 valence electrons. The number of hydrogen-bond donors (Lipinski definition) is 1. The molecule has 0 saturated carbocycles. The van der Waals surface area contributed by atoms with Crippen molar-refractivity contribution in [2.24, 2.45) is 0 Å². The lowest BCUT2D eigenvalue weighted by Crippen LogP contribution is -2.41. The summed E-state index contributed by atoms with van der Waals surface area (Å²) < 4.78 is 33.4. The maximum atomic E-state index is 13.5. The molecule has 0 saturated heterocycles. The Kier molecular flexibility index (Phi) is 7.45. The van der Waals surface area contributed by atoms with Crippen molar-refractivity contribution in [3.63, 3.8) is 0 Å². The summed E-state index contributed by atoms with van der Waals surface area (Å²) in [5, 5.41) is 2.78. The van der Waals surface area contributed by atoms with Crippen molar-refractivity contribution in [3.05, 3.63) is 53.6 Å². The molecule has 0 atom stereocenters. The number of methoxy groups -OCH3 is 1. The molecule has 0 unspecified atom stereocenters. The normalized spacial score (nSPS) is 11.1. The summed E-state index contributed by atoms with van der Waals surface area (Å²) in [6.07, 6.45) is 1.79. The van der Waals surface area contributed by atoms with Gasteiger partial charge in [0, 0.05) is 6.54 Å². The summed E-state index contributed by atoms with van der Waals surface area (Å²) >= 11 is 0. The molecular weight excluding hydrogens is 376 g/mol. The molecule has 0 aromatic heterocycles. The van der Waals surface area contributed by atoms with Crippen LogP contribution in [0.25, 0.3) is 0 Å². The zero-order valence-electron chi connectivity index (χ0n) is 16.9. The van der Waals surface area contributed by atoms with Gasteiger partial charge in [0.25, 0.3) is 10.0 Å². The number of nitrogens with zero attached hydrogens (tertiary/aromatic N) is 1. The van der Waals surface area contributed by atoms with E-state index in [1.54, 1.807) is 30.3 Å². The fourth-order valence-electron chi connectivity index (χ4n) is 2.72. The number of aryl methyl sites for hydroxylation is 2. The van der Waals surface area contributed by atoms with Crippen LogP contribution in [0, 0.1) is 13.8 Å². The van der Waals surface area contributed by atoms with Crippen LogP contribution in [0.2, 0.25) is 0 Å². The Balaban J connectivity index is 2.46. The summed E-state index contributed by atoms with van der Waals surface area (Å²) in [4.78, 5) is 12.5. The zero-order chi connectivity index (χ0) is 20.7. The number of carbonyl (C=O) groups is 1. The van der Waals surface area contributed by atoms with Gasteiger partial charge in [0.15, 0.2) is 0 Å². The van der Waals surface area contributed by atoms with E-state index in [1.807, 2.05) is 32.9 Å². The molecule has 0 bridgehead atoms. The number of hydrogen-bond acceptors (Lipinski definition) is 4. The molecule has 0 fully saturated rings. The van der Waals surface area contributed by atoms with Gasteiger partial charge in [-0.3, -0.25) is 9.10 Å². The Morgan fingerprint density at radius 1 is 1.07 bits per heavy atom. The van der Waals surface area contributed by atoms with Gasteiger partial charge < -0.3 is 10.1 Å². The fraction of sp³-hybridized carbons (Fsp3) is 0.381. The van der Waals surface area contributed by atoms with Crippen molar-refractivity contribution in [3.8, 4) is 5.75 Å². The average molecular weight is 405 g/mol. The van der Waals surface area contributed by atoms with E-state index in [1.165, 1.54) is 7.11 Å². The number of amides is 1. The summed E-state index contributed by atoms with van der Waals surface area (Å²) in [6, 6.07) is 12.0. The number of ether oxygens (including phenoxy) is 1. The highest BCUT2D eigenvalue weighted by atomic mass is 32.2. The van der Waals surface area contributed by atoms with Crippen LogP contribution in [0.3, 0.4) is 0 Å². The molecule has 1 N–H and O–H groups in total. The molecule has 6 nitrogen and oxygen atoms in total. The van der Waals surface area contributed by atoms with E-state index in [4.69, 9.17) is 4.74 Å². The Morgan fingerprint density at radius 3 is 2.32 bits per heavy atom. The van der Waals surface area contributed by atoms with Crippen LogP contribution in [0.1, 0.15) is 30.9 Å². The van der Waals surface area contributed by atoms with Gasteiger partial charge in [0.05, 0.1) is 12.8 Å². The van der Waals surface area contributed by atoms with E-state index in [0.29, 0.717) is 12.2 Å². The first-order valence-electron chi connectivity index (χ1n) is 9.30. The van der Waals surface area contributed by atoms with Crippen molar-refractivity contribution in [1.82, 2.24) is 5.32 Å². The molecule has 0 heterocycles. The smallest absolute Gasteiger partial charge is 0.268 e. The van der Waals surface area contributed by atoms with Gasteiger partial charge in [0.1, 0.15) is 17.2 Å². The molecule has 0 aliphatic heterocycles. The SMILES string of the molecule is CCCCNC(=O)CN(c1ccc(C)cc1)S(=O)(=O)c1cc(C)ccc1OC. The largest absolute Gasteiger partial charge is 0.495 e. The number of benzene rings is 2. The first-order valence-corrected chi connectivity index (χ1v) is 10.7. The second-order valence-electron chi connectivity index (χ2n) is 6.71. The van der Waals surface area contributed by atoms with E-state index in [-0.39, 0.29) is 23.1 Å². The highest BCUT2D eigenvalue weighted by Gasteiger charge is 2.30. The van der Waals surface area contributed by atoms with Crippen molar-refractivity contribution < 1.29 is 17.9 Å². The van der Waals surface area contributed by atoms with E-state index in [2.05, 4.69) is 5.32 Å². The second-order valence-corrected chi connectivity index (χ2v) is 8.54. The highest BCUT2D eigenvalue weighted by molar-refractivity contribution is 7.93. The van der Waals surface area contributed by atoms with Gasteiger partial charge in [-0.1, -0.05) is 37.1 Å². The van der Waals surface area contributed by atoms with Crippen molar-refractivity contribution in [2.45, 2.75) is 38.5 Å². The van der Waals surface area contributed by atoms with Gasteiger partial charge in [-0.15, -0.1) is 0 Å². The van der Waals surface area contributed by atoms with Crippen LogP contribution in [0.5, 0.6) is 5.75 Å². The van der Waals surface area contributed by atoms with E-state index >= 15 is 0 Å². The quantitative estimate of drug-likeness (QED) is 0.650. The lowest BCUT2D eigenvalue weighted by molar-refractivity contribution is -0.119. The van der Waals surface area contributed by atoms with Crippen LogP contribution in [-0.2, 0) is 14.8 Å². The van der Waals surface area contributed by atoms with Gasteiger partial charge in [-0.2, -0.15) is 0 Å². The minimum absolute atomic E-state index is 0.0388. The van der Waals surface area contributed by atoms with Crippen LogP contribution in [0.4, 0.5) is 5.69 Å². The number of sulfonamides is 1. The van der Waals surface area contributed by atoms with Gasteiger partial charge >= 0.3 is 0 Å². The van der Waals surface area contributed by atoms with Crippen LogP contribution >= 0.6 is 0 Å². The molecule has 1 amide bonds. The topological polar surface area (TPSA) is 75.7 Å². The molecule has 0 aliphatic carbocycles. The Labute approximate surface area is 167 Å². The zero-order valence-corrected chi connectivity index (χ0v) is 17.7. The molecular formula is C21H28N2O4S. The number of anilines is 1. The number of rotatable bonds is 9. The molecule has 0 spiro atoms. The monoisotopic (exact) mass is 404 g/mol. The maximum absolute atomic E-state index is 13.5. The minimum Gasteiger partial charge on any atom is -0.495 e. The Bertz CT molecular complexity index is 909. The predicted molar refractivity (Wildman–Crippen MR) is 111 cm³/mol. The Hall–Kier alpha value is -2.54. The third-order valence-corrected chi connectivity index (χ3v) is 6.14. The van der Waals surface area contributed by atoms with E-state index < -0.39 is 10.0 Å². The molecule has 0 aliphatic rings. The lowest BCUT2D eigenvalue weighted by Gasteiger charge is -2.25. The standard InChI is InChI=1S/C21H28N2O4S/c1-5-6-13-22-21(24)15-23(18-10-7-16(2)8-11-18)28(25,26)20-14-17(3)9-12-19(20)27-4/h7-12,14H,5-6,13,15H2,1-4H3,(H,22,24). The summed E-state index contributed by atoms with van der Waals surface area (Å²) in [5.41, 5.74) is 2.22. The molecule has 7 heteroatoms. The average Bonchev–Trinajstić information content (AvgIpc) is 2.67. The Morgan fingerprint density at radius 2 is 1.71 bits per heavy atom. The van der Waals surface area contributed by atoms with Crippen LogP contribution < -0.4 is 14.4 Å². The van der Waals surface area contributed by atoms with Crippen molar-refractivity contribution >= 4 is 21.6 Å². The molecule has 0 radical (unpaired) electrons. The van der Waals surface area contributed by atoms with Crippen molar-refractivity contribution in [1.29, 1.82) is 0 Å². The molecule has 28 heavy (non-hydrogen) atoms. The van der Waals surface area contributed by atoms with Crippen LogP contribution in [0.15, 0.2) is 47.4 Å². The molecule has 2 rings (SSSR count). The number of unbranched alkanes of at least 4 members (excludes halogenated alkanes) is 1. The number of nitrogens with one attached hydrogen (secondary N) is 1. The summed E-state index contributed by atoms with van der Waals surface area (Å²) in [6.45, 7) is 5.98. The van der Waals surface area contributed by atoms with Gasteiger partial charge in [-0.05, 0) is 50.1 Å². The molecule has 2 aromatic carbocycles. The maximum Gasteiger partial charge on any atom is 0.268 e. The van der Waals surface area contributed by atoms with Gasteiger partial charge in [0.2, 0.25) is 5.91 Å². The van der Waals surface area contributed by atoms with Crippen molar-refractivity contribution in [2.75, 3.05) is 24.5 Å². The summed E-state index contributed by atoms with van der Waals surface area (Å²) in [7, 11) is -2.58. The first-order chi connectivity index (χ1) is 13.3. The first kappa shape index (κ1) is 21.8. The summed E-state index contributed by atoms with van der Waals surface area (Å²) in [5.74, 6) is -0.0988. The van der Waals surface area contributed by atoms with E-state index in [9.17, 15) is 13.2 Å². The minimum atomic E-state index is -4.01. The van der Waals surface area contributed by atoms with E-state index in [0.717, 1.165) is 28.3 Å². The number of carbonyl (C=O) groups excluding carboxylic acids is 1. The third kappa shape index (κ3) is 5.25. The predicted octanol–water partition coefficient (Wildman–Crippen LogP) is 3.42. The van der Waals surface area contributed by atoms with Crippen LogP contribution in [-0.4, -0.2) is 34.5 Å².